The molecule has 0 spiro atoms. The van der Waals surface area contributed by atoms with Crippen molar-refractivity contribution in [2.24, 2.45) is 0 Å². The maximum atomic E-state index is 11.7. The Balaban J connectivity index is 2.18. The Morgan fingerprint density at radius 2 is 2.16 bits per heavy atom. The molecule has 1 N–H and O–H groups in total. The van der Waals surface area contributed by atoms with Gasteiger partial charge in [0.15, 0.2) is 0 Å². The monoisotopic (exact) mass is 272 g/mol. The van der Waals surface area contributed by atoms with Crippen LogP contribution in [0.3, 0.4) is 0 Å². The Morgan fingerprint density at radius 3 is 2.68 bits per heavy atom. The van der Waals surface area contributed by atoms with E-state index in [1.807, 2.05) is 20.8 Å². The molecule has 0 aromatic rings. The summed E-state index contributed by atoms with van der Waals surface area (Å²) in [6.45, 7) is 6.96. The van der Waals surface area contributed by atoms with E-state index < -0.39 is 5.60 Å². The molecule has 110 valence electrons. The molecule has 0 aliphatic carbocycles. The van der Waals surface area contributed by atoms with Crippen LogP contribution in [0.25, 0.3) is 0 Å². The highest BCUT2D eigenvalue weighted by atomic mass is 16.6. The second-order valence-corrected chi connectivity index (χ2v) is 5.74. The molecule has 0 aromatic heterocycles. The lowest BCUT2D eigenvalue weighted by atomic mass is 10.1. The lowest BCUT2D eigenvalue weighted by Gasteiger charge is -2.26. The molecule has 1 heterocycles. The molecule has 19 heavy (non-hydrogen) atoms. The molecule has 0 radical (unpaired) electrons. The minimum atomic E-state index is -0.486. The number of rotatable bonds is 4. The third-order valence-electron chi connectivity index (χ3n) is 2.71. The lowest BCUT2D eigenvalue weighted by Crippen LogP contribution is -2.41. The normalized spacial score (nSPS) is 19.8. The first-order valence-corrected chi connectivity index (χ1v) is 6.60. The molecule has 1 atom stereocenters. The SMILES string of the molecule is CN(CCO[C@@H]1CCC(=O)NC1)C(=O)OC(C)(C)C. The average molecular weight is 272 g/mol. The zero-order chi connectivity index (χ0) is 14.5. The van der Waals surface area contributed by atoms with Crippen LogP contribution in [0, 0.1) is 0 Å². The number of ether oxygens (including phenoxy) is 2. The molecule has 1 aliphatic heterocycles. The van der Waals surface area contributed by atoms with Crippen molar-refractivity contribution >= 4 is 12.0 Å². The summed E-state index contributed by atoms with van der Waals surface area (Å²) in [6.07, 6.45) is 0.937. The first kappa shape index (κ1) is 15.8. The van der Waals surface area contributed by atoms with E-state index in [1.54, 1.807) is 7.05 Å². The second-order valence-electron chi connectivity index (χ2n) is 5.74. The van der Waals surface area contributed by atoms with Gasteiger partial charge in [-0.05, 0) is 27.2 Å². The Morgan fingerprint density at radius 1 is 1.47 bits per heavy atom. The van der Waals surface area contributed by atoms with Gasteiger partial charge in [-0.15, -0.1) is 0 Å². The first-order valence-electron chi connectivity index (χ1n) is 6.60. The van der Waals surface area contributed by atoms with Crippen LogP contribution in [0.1, 0.15) is 33.6 Å². The maximum Gasteiger partial charge on any atom is 0.410 e. The Bertz CT molecular complexity index is 315. The van der Waals surface area contributed by atoms with Gasteiger partial charge in [0, 0.05) is 26.6 Å². The summed E-state index contributed by atoms with van der Waals surface area (Å²) in [5.41, 5.74) is -0.486. The first-order chi connectivity index (χ1) is 8.78. The third kappa shape index (κ3) is 6.42. The molecule has 0 aromatic carbocycles. The lowest BCUT2D eigenvalue weighted by molar-refractivity contribution is -0.124. The van der Waals surface area contributed by atoms with Crippen LogP contribution in [-0.2, 0) is 14.3 Å². The molecule has 1 fully saturated rings. The summed E-state index contributed by atoms with van der Waals surface area (Å²) in [7, 11) is 1.68. The van der Waals surface area contributed by atoms with Gasteiger partial charge in [-0.1, -0.05) is 0 Å². The molecule has 1 aliphatic rings. The number of hydrogen-bond acceptors (Lipinski definition) is 4. The van der Waals surface area contributed by atoms with E-state index in [9.17, 15) is 9.59 Å². The standard InChI is InChI=1S/C13H24N2O4/c1-13(2,3)19-12(17)15(4)7-8-18-10-5-6-11(16)14-9-10/h10H,5-9H2,1-4H3,(H,14,16)/t10-/m1/s1. The second kappa shape index (κ2) is 6.75. The van der Waals surface area contributed by atoms with Crippen LogP contribution in [0.2, 0.25) is 0 Å². The average Bonchev–Trinajstić information content (AvgIpc) is 2.29. The van der Waals surface area contributed by atoms with Crippen LogP contribution < -0.4 is 5.32 Å². The van der Waals surface area contributed by atoms with Crippen molar-refractivity contribution in [1.29, 1.82) is 0 Å². The fraction of sp³-hybridized carbons (Fsp3) is 0.846. The topological polar surface area (TPSA) is 67.9 Å². The number of hydrogen-bond donors (Lipinski definition) is 1. The smallest absolute Gasteiger partial charge is 0.410 e. The molecule has 1 rings (SSSR count). The van der Waals surface area contributed by atoms with E-state index in [4.69, 9.17) is 9.47 Å². The van der Waals surface area contributed by atoms with Gasteiger partial charge in [0.2, 0.25) is 5.91 Å². The van der Waals surface area contributed by atoms with Crippen molar-refractivity contribution in [2.45, 2.75) is 45.3 Å². The predicted octanol–water partition coefficient (Wildman–Crippen LogP) is 1.15. The highest BCUT2D eigenvalue weighted by Gasteiger charge is 2.21. The van der Waals surface area contributed by atoms with Crippen molar-refractivity contribution in [2.75, 3.05) is 26.7 Å². The summed E-state index contributed by atoms with van der Waals surface area (Å²) in [6, 6.07) is 0. The number of carbonyl (C=O) groups is 2. The number of piperidine rings is 1. The van der Waals surface area contributed by atoms with E-state index in [0.29, 0.717) is 26.1 Å². The van der Waals surface area contributed by atoms with Crippen molar-refractivity contribution in [3.8, 4) is 0 Å². The minimum absolute atomic E-state index is 0.0461. The maximum absolute atomic E-state index is 11.7. The van der Waals surface area contributed by atoms with Crippen molar-refractivity contribution in [3.05, 3.63) is 0 Å². The molecule has 2 amide bonds. The van der Waals surface area contributed by atoms with Gasteiger partial charge in [-0.3, -0.25) is 4.79 Å². The molecular formula is C13H24N2O4. The van der Waals surface area contributed by atoms with Crippen LogP contribution in [0.5, 0.6) is 0 Å². The summed E-state index contributed by atoms with van der Waals surface area (Å²) >= 11 is 0. The molecular weight excluding hydrogens is 248 g/mol. The van der Waals surface area contributed by atoms with E-state index in [1.165, 1.54) is 4.90 Å². The van der Waals surface area contributed by atoms with Crippen molar-refractivity contribution in [3.63, 3.8) is 0 Å². The van der Waals surface area contributed by atoms with Gasteiger partial charge in [-0.25, -0.2) is 4.79 Å². The molecule has 0 saturated carbocycles. The highest BCUT2D eigenvalue weighted by Crippen LogP contribution is 2.10. The van der Waals surface area contributed by atoms with Gasteiger partial charge in [-0.2, -0.15) is 0 Å². The van der Waals surface area contributed by atoms with E-state index in [-0.39, 0.29) is 18.1 Å². The summed E-state index contributed by atoms with van der Waals surface area (Å²) in [4.78, 5) is 24.1. The Kier molecular flexibility index (Phi) is 5.60. The zero-order valence-corrected chi connectivity index (χ0v) is 12.2. The van der Waals surface area contributed by atoms with Crippen molar-refractivity contribution in [1.82, 2.24) is 10.2 Å². The third-order valence-corrected chi connectivity index (χ3v) is 2.71. The molecule has 6 heteroatoms. The molecule has 6 nitrogen and oxygen atoms in total. The van der Waals surface area contributed by atoms with Gasteiger partial charge >= 0.3 is 6.09 Å². The van der Waals surface area contributed by atoms with Gasteiger partial charge in [0.25, 0.3) is 0 Å². The van der Waals surface area contributed by atoms with Gasteiger partial charge < -0.3 is 19.7 Å². The molecule has 0 unspecified atom stereocenters. The molecule has 0 bridgehead atoms. The minimum Gasteiger partial charge on any atom is -0.444 e. The van der Waals surface area contributed by atoms with Crippen LogP contribution in [-0.4, -0.2) is 55.3 Å². The fourth-order valence-electron chi connectivity index (χ4n) is 1.64. The van der Waals surface area contributed by atoms with Crippen LogP contribution in [0.4, 0.5) is 4.79 Å². The Hall–Kier alpha value is -1.30. The zero-order valence-electron chi connectivity index (χ0n) is 12.2. The van der Waals surface area contributed by atoms with E-state index in [2.05, 4.69) is 5.32 Å². The van der Waals surface area contributed by atoms with E-state index >= 15 is 0 Å². The van der Waals surface area contributed by atoms with Crippen LogP contribution in [0.15, 0.2) is 0 Å². The van der Waals surface area contributed by atoms with Crippen molar-refractivity contribution < 1.29 is 19.1 Å². The van der Waals surface area contributed by atoms with Gasteiger partial charge in [0.1, 0.15) is 5.60 Å². The number of nitrogens with zero attached hydrogens (tertiary/aromatic N) is 1. The summed E-state index contributed by atoms with van der Waals surface area (Å²) in [5.74, 6) is 0.0747. The number of nitrogens with one attached hydrogen (secondary N) is 1. The van der Waals surface area contributed by atoms with Gasteiger partial charge in [0.05, 0.1) is 12.7 Å². The Labute approximate surface area is 114 Å². The fourth-order valence-corrected chi connectivity index (χ4v) is 1.64. The number of carbonyl (C=O) groups excluding carboxylic acids is 2. The number of amides is 2. The van der Waals surface area contributed by atoms with Crippen LogP contribution >= 0.6 is 0 Å². The molecule has 1 saturated heterocycles. The highest BCUT2D eigenvalue weighted by molar-refractivity contribution is 5.76. The largest absolute Gasteiger partial charge is 0.444 e. The number of likely N-dealkylation sites (N-methyl/N-ethyl adjacent to an activating group) is 1. The van der Waals surface area contributed by atoms with E-state index in [0.717, 1.165) is 6.42 Å². The summed E-state index contributed by atoms with van der Waals surface area (Å²) < 4.78 is 10.8. The predicted molar refractivity (Wildman–Crippen MR) is 70.8 cm³/mol. The summed E-state index contributed by atoms with van der Waals surface area (Å²) in [5, 5.41) is 2.75. The quantitative estimate of drug-likeness (QED) is 0.833.